The molecule has 2 aliphatic rings. The van der Waals surface area contributed by atoms with Gasteiger partial charge < -0.3 is 10.1 Å². The van der Waals surface area contributed by atoms with E-state index in [1.807, 2.05) is 50.2 Å². The van der Waals surface area contributed by atoms with Gasteiger partial charge in [-0.05, 0) is 56.4 Å². The number of aryl methyl sites for hydroxylation is 2. The third-order valence-electron chi connectivity index (χ3n) is 5.10. The lowest BCUT2D eigenvalue weighted by atomic mass is 9.96. The minimum atomic E-state index is -0.139. The van der Waals surface area contributed by atoms with Gasteiger partial charge in [0, 0.05) is 23.2 Å². The highest BCUT2D eigenvalue weighted by Gasteiger charge is 2.29. The number of para-hydroxylation sites is 1. The summed E-state index contributed by atoms with van der Waals surface area (Å²) >= 11 is 0. The number of halogens is 1. The van der Waals surface area contributed by atoms with E-state index in [1.165, 1.54) is 12.8 Å². The second-order valence-corrected chi connectivity index (χ2v) is 7.28. The molecule has 1 amide bonds. The highest BCUT2D eigenvalue weighted by Crippen LogP contribution is 2.30. The molecule has 1 aliphatic heterocycles. The number of ether oxygens (including phenoxy) is 1. The molecular formula is C21H26ClN3O2. The highest BCUT2D eigenvalue weighted by molar-refractivity contribution is 5.97. The van der Waals surface area contributed by atoms with Gasteiger partial charge in [-0.15, -0.1) is 12.4 Å². The molecule has 0 spiro atoms. The summed E-state index contributed by atoms with van der Waals surface area (Å²) in [4.78, 5) is 12.8. The number of anilines is 1. The van der Waals surface area contributed by atoms with Gasteiger partial charge in [0.1, 0.15) is 12.4 Å². The summed E-state index contributed by atoms with van der Waals surface area (Å²) in [7, 11) is 0. The monoisotopic (exact) mass is 387 g/mol. The Morgan fingerprint density at radius 3 is 2.44 bits per heavy atom. The average Bonchev–Trinajstić information content (AvgIpc) is 3.44. The van der Waals surface area contributed by atoms with Gasteiger partial charge in [0.05, 0.1) is 5.69 Å². The molecule has 0 radical (unpaired) electrons. The summed E-state index contributed by atoms with van der Waals surface area (Å²) in [6.45, 7) is 4.71. The van der Waals surface area contributed by atoms with Crippen molar-refractivity contribution in [3.8, 4) is 5.75 Å². The smallest absolute Gasteiger partial charge is 0.270 e. The number of fused-ring (bicyclic) bond motifs is 1. The molecule has 1 fully saturated rings. The average molecular weight is 388 g/mol. The van der Waals surface area contributed by atoms with Crippen molar-refractivity contribution in [3.05, 3.63) is 58.7 Å². The second-order valence-electron chi connectivity index (χ2n) is 7.28. The Kier molecular flexibility index (Phi) is 5.92. The van der Waals surface area contributed by atoms with Gasteiger partial charge in [-0.25, -0.2) is 0 Å². The zero-order chi connectivity index (χ0) is 18.1. The van der Waals surface area contributed by atoms with Crippen LogP contribution in [0.1, 0.15) is 39.9 Å². The number of benzene rings is 2. The van der Waals surface area contributed by atoms with Gasteiger partial charge in [0.25, 0.3) is 5.91 Å². The number of rotatable bonds is 5. The van der Waals surface area contributed by atoms with Crippen molar-refractivity contribution >= 4 is 24.0 Å². The van der Waals surface area contributed by atoms with Gasteiger partial charge in [0.15, 0.2) is 0 Å². The van der Waals surface area contributed by atoms with E-state index in [1.54, 1.807) is 0 Å². The standard InChI is InChI=1S/C21H25N3O2.ClH/c1-13-5-3-6-14(2)20(13)23-24-21(25)17-7-4-8-19-18(17)11-16(12-26-19)22-15-9-10-15;/h3-8,15-16,22-23H,9-12H2,1-2H3,(H,24,25);1H. The second kappa shape index (κ2) is 8.19. The van der Waals surface area contributed by atoms with Crippen molar-refractivity contribution in [2.75, 3.05) is 12.0 Å². The van der Waals surface area contributed by atoms with Crippen LogP contribution in [-0.4, -0.2) is 24.6 Å². The fourth-order valence-corrected chi connectivity index (χ4v) is 3.51. The van der Waals surface area contributed by atoms with Crippen molar-refractivity contribution in [3.63, 3.8) is 0 Å². The lowest BCUT2D eigenvalue weighted by Crippen LogP contribution is -2.41. The van der Waals surface area contributed by atoms with E-state index in [-0.39, 0.29) is 24.4 Å². The van der Waals surface area contributed by atoms with Gasteiger partial charge in [-0.1, -0.05) is 24.3 Å². The molecule has 1 saturated carbocycles. The normalized spacial score (nSPS) is 17.9. The fraction of sp³-hybridized carbons (Fsp3) is 0.381. The van der Waals surface area contributed by atoms with E-state index < -0.39 is 0 Å². The Hall–Kier alpha value is -2.24. The van der Waals surface area contributed by atoms with Crippen molar-refractivity contribution in [2.24, 2.45) is 0 Å². The Balaban J connectivity index is 0.00000210. The lowest BCUT2D eigenvalue weighted by Gasteiger charge is -2.27. The van der Waals surface area contributed by atoms with E-state index in [0.717, 1.165) is 34.5 Å². The van der Waals surface area contributed by atoms with E-state index in [0.29, 0.717) is 18.2 Å². The van der Waals surface area contributed by atoms with Crippen LogP contribution in [0.15, 0.2) is 36.4 Å². The van der Waals surface area contributed by atoms with Gasteiger partial charge in [-0.3, -0.25) is 15.6 Å². The minimum Gasteiger partial charge on any atom is -0.492 e. The number of nitrogens with one attached hydrogen (secondary N) is 3. The van der Waals surface area contributed by atoms with Crippen LogP contribution in [0.3, 0.4) is 0 Å². The van der Waals surface area contributed by atoms with Crippen molar-refractivity contribution in [1.82, 2.24) is 10.7 Å². The van der Waals surface area contributed by atoms with E-state index >= 15 is 0 Å². The number of carbonyl (C=O) groups is 1. The number of hydrogen-bond donors (Lipinski definition) is 3. The number of hydrogen-bond acceptors (Lipinski definition) is 4. The van der Waals surface area contributed by atoms with Gasteiger partial charge in [-0.2, -0.15) is 0 Å². The molecule has 5 nitrogen and oxygen atoms in total. The van der Waals surface area contributed by atoms with Crippen LogP contribution in [0.5, 0.6) is 5.75 Å². The first-order chi connectivity index (χ1) is 12.6. The maximum absolute atomic E-state index is 12.8. The summed E-state index contributed by atoms with van der Waals surface area (Å²) in [6, 6.07) is 12.6. The molecular weight excluding hydrogens is 362 g/mol. The molecule has 1 aliphatic carbocycles. The molecule has 27 heavy (non-hydrogen) atoms. The van der Waals surface area contributed by atoms with Crippen LogP contribution < -0.4 is 20.9 Å². The molecule has 2 aromatic carbocycles. The zero-order valence-electron chi connectivity index (χ0n) is 15.7. The number of carbonyl (C=O) groups excluding carboxylic acids is 1. The van der Waals surface area contributed by atoms with Gasteiger partial charge in [0.2, 0.25) is 0 Å². The van der Waals surface area contributed by atoms with Crippen molar-refractivity contribution < 1.29 is 9.53 Å². The van der Waals surface area contributed by atoms with Gasteiger partial charge >= 0.3 is 0 Å². The largest absolute Gasteiger partial charge is 0.492 e. The molecule has 0 bridgehead atoms. The fourth-order valence-electron chi connectivity index (χ4n) is 3.51. The van der Waals surface area contributed by atoms with E-state index in [2.05, 4.69) is 16.2 Å². The SMILES string of the molecule is Cc1cccc(C)c1NNC(=O)c1cccc2c1CC(NC1CC1)CO2.Cl. The highest BCUT2D eigenvalue weighted by atomic mass is 35.5. The first-order valence-electron chi connectivity index (χ1n) is 9.25. The summed E-state index contributed by atoms with van der Waals surface area (Å²) in [6.07, 6.45) is 3.30. The van der Waals surface area contributed by atoms with Crippen LogP contribution in [-0.2, 0) is 6.42 Å². The molecule has 1 unspecified atom stereocenters. The number of hydrazine groups is 1. The molecule has 144 valence electrons. The topological polar surface area (TPSA) is 62.4 Å². The molecule has 0 saturated heterocycles. The van der Waals surface area contributed by atoms with Crippen molar-refractivity contribution in [1.29, 1.82) is 0 Å². The minimum absolute atomic E-state index is 0. The predicted octanol–water partition coefficient (Wildman–Crippen LogP) is 3.54. The summed E-state index contributed by atoms with van der Waals surface area (Å²) in [5.41, 5.74) is 10.7. The summed E-state index contributed by atoms with van der Waals surface area (Å²) < 4.78 is 5.89. The third-order valence-corrected chi connectivity index (χ3v) is 5.10. The lowest BCUT2D eigenvalue weighted by molar-refractivity contribution is 0.0960. The summed E-state index contributed by atoms with van der Waals surface area (Å²) in [5, 5.41) is 3.60. The number of amides is 1. The first kappa shape index (κ1) is 19.5. The Labute approximate surface area is 166 Å². The first-order valence-corrected chi connectivity index (χ1v) is 9.25. The van der Waals surface area contributed by atoms with Crippen LogP contribution in [0.2, 0.25) is 0 Å². The van der Waals surface area contributed by atoms with Crippen LogP contribution >= 0.6 is 12.4 Å². The quantitative estimate of drug-likeness (QED) is 0.687. The molecule has 1 atom stereocenters. The maximum atomic E-state index is 12.8. The Morgan fingerprint density at radius 1 is 1.04 bits per heavy atom. The predicted molar refractivity (Wildman–Crippen MR) is 110 cm³/mol. The molecule has 0 aromatic heterocycles. The van der Waals surface area contributed by atoms with Crippen molar-refractivity contribution in [2.45, 2.75) is 45.2 Å². The molecule has 3 N–H and O–H groups in total. The van der Waals surface area contributed by atoms with Crippen LogP contribution in [0.4, 0.5) is 5.69 Å². The van der Waals surface area contributed by atoms with Crippen LogP contribution in [0.25, 0.3) is 0 Å². The third kappa shape index (κ3) is 4.37. The van der Waals surface area contributed by atoms with E-state index in [4.69, 9.17) is 4.74 Å². The molecule has 6 heteroatoms. The maximum Gasteiger partial charge on any atom is 0.270 e. The molecule has 4 rings (SSSR count). The zero-order valence-corrected chi connectivity index (χ0v) is 16.5. The van der Waals surface area contributed by atoms with E-state index in [9.17, 15) is 4.79 Å². The molecule has 1 heterocycles. The Morgan fingerprint density at radius 2 is 1.74 bits per heavy atom. The van der Waals surface area contributed by atoms with Crippen LogP contribution in [0, 0.1) is 13.8 Å². The Bertz CT molecular complexity index is 816. The molecule has 2 aromatic rings. The summed E-state index contributed by atoms with van der Waals surface area (Å²) in [5.74, 6) is 0.679.